The van der Waals surface area contributed by atoms with Gasteiger partial charge in [0.15, 0.2) is 0 Å². The van der Waals surface area contributed by atoms with Crippen LogP contribution in [0.25, 0.3) is 0 Å². The van der Waals surface area contributed by atoms with Crippen LogP contribution in [0.5, 0.6) is 0 Å². The average Bonchev–Trinajstić information content (AvgIpc) is 3.00. The van der Waals surface area contributed by atoms with Crippen LogP contribution in [0.15, 0.2) is 33.7 Å². The van der Waals surface area contributed by atoms with E-state index < -0.39 is 0 Å². The lowest BCUT2D eigenvalue weighted by Crippen LogP contribution is -2.40. The summed E-state index contributed by atoms with van der Waals surface area (Å²) in [5, 5.41) is 7.08. The predicted octanol–water partition coefficient (Wildman–Crippen LogP) is 0.0478. The molecular formula is C15H18N4O3. The molecule has 0 unspecified atom stereocenters. The molecule has 0 radical (unpaired) electrons. The molecule has 0 fully saturated rings. The SMILES string of the molecule is Cn1nc2c(cc1=O)CN(CC(=O)NCc1ccco1)CC2. The zero-order valence-electron chi connectivity index (χ0n) is 12.4. The fraction of sp³-hybridized carbons (Fsp3) is 0.400. The molecule has 0 aromatic carbocycles. The summed E-state index contributed by atoms with van der Waals surface area (Å²) in [5.74, 6) is 0.668. The van der Waals surface area contributed by atoms with Crippen LogP contribution in [0.1, 0.15) is 17.0 Å². The first kappa shape index (κ1) is 14.5. The van der Waals surface area contributed by atoms with E-state index in [0.717, 1.165) is 30.0 Å². The molecular weight excluding hydrogens is 284 g/mol. The van der Waals surface area contributed by atoms with Crippen molar-refractivity contribution in [2.45, 2.75) is 19.5 Å². The van der Waals surface area contributed by atoms with Crippen LogP contribution in [-0.2, 0) is 31.4 Å². The minimum atomic E-state index is -0.122. The number of nitrogens with one attached hydrogen (secondary N) is 1. The molecule has 1 N–H and O–H groups in total. The van der Waals surface area contributed by atoms with Crippen molar-refractivity contribution in [2.75, 3.05) is 13.1 Å². The number of fused-ring (bicyclic) bond motifs is 1. The Labute approximate surface area is 127 Å². The Hall–Kier alpha value is -2.41. The number of hydrogen-bond acceptors (Lipinski definition) is 5. The number of rotatable bonds is 4. The van der Waals surface area contributed by atoms with E-state index in [-0.39, 0.29) is 11.5 Å². The van der Waals surface area contributed by atoms with E-state index in [4.69, 9.17) is 4.42 Å². The Morgan fingerprint density at radius 3 is 3.14 bits per heavy atom. The molecule has 3 rings (SSSR count). The molecule has 2 aromatic rings. The molecule has 0 spiro atoms. The van der Waals surface area contributed by atoms with E-state index in [1.807, 2.05) is 11.0 Å². The minimum Gasteiger partial charge on any atom is -0.467 e. The first-order valence-electron chi connectivity index (χ1n) is 7.19. The molecule has 0 saturated heterocycles. The predicted molar refractivity (Wildman–Crippen MR) is 79.0 cm³/mol. The van der Waals surface area contributed by atoms with Crippen molar-refractivity contribution in [1.29, 1.82) is 0 Å². The molecule has 0 bridgehead atoms. The lowest BCUT2D eigenvalue weighted by molar-refractivity contribution is -0.122. The molecule has 7 heteroatoms. The highest BCUT2D eigenvalue weighted by molar-refractivity contribution is 5.77. The van der Waals surface area contributed by atoms with Gasteiger partial charge in [-0.2, -0.15) is 5.10 Å². The van der Waals surface area contributed by atoms with Gasteiger partial charge in [-0.25, -0.2) is 4.68 Å². The molecule has 1 aliphatic rings. The van der Waals surface area contributed by atoms with Crippen LogP contribution in [0.4, 0.5) is 0 Å². The van der Waals surface area contributed by atoms with E-state index in [1.54, 1.807) is 25.4 Å². The molecule has 1 aliphatic heterocycles. The number of carbonyl (C=O) groups excluding carboxylic acids is 1. The van der Waals surface area contributed by atoms with E-state index in [1.165, 1.54) is 4.68 Å². The highest BCUT2D eigenvalue weighted by atomic mass is 16.3. The lowest BCUT2D eigenvalue weighted by Gasteiger charge is -2.27. The van der Waals surface area contributed by atoms with Crippen LogP contribution in [0.3, 0.4) is 0 Å². The van der Waals surface area contributed by atoms with E-state index in [9.17, 15) is 9.59 Å². The van der Waals surface area contributed by atoms with Gasteiger partial charge in [-0.1, -0.05) is 0 Å². The maximum Gasteiger partial charge on any atom is 0.266 e. The van der Waals surface area contributed by atoms with Crippen LogP contribution >= 0.6 is 0 Å². The van der Waals surface area contributed by atoms with Gasteiger partial charge in [-0.05, 0) is 17.7 Å². The molecule has 7 nitrogen and oxygen atoms in total. The van der Waals surface area contributed by atoms with Crippen LogP contribution in [-0.4, -0.2) is 33.7 Å². The molecule has 22 heavy (non-hydrogen) atoms. The molecule has 0 aliphatic carbocycles. The molecule has 0 saturated carbocycles. The second kappa shape index (κ2) is 6.15. The van der Waals surface area contributed by atoms with Gasteiger partial charge in [0, 0.05) is 32.6 Å². The summed E-state index contributed by atoms with van der Waals surface area (Å²) < 4.78 is 6.52. The fourth-order valence-electron chi connectivity index (χ4n) is 2.54. The Morgan fingerprint density at radius 2 is 2.36 bits per heavy atom. The maximum absolute atomic E-state index is 12.0. The van der Waals surface area contributed by atoms with Crippen molar-refractivity contribution in [2.24, 2.45) is 7.05 Å². The minimum absolute atomic E-state index is 0.0587. The largest absolute Gasteiger partial charge is 0.467 e. The van der Waals surface area contributed by atoms with Gasteiger partial charge in [-0.3, -0.25) is 14.5 Å². The summed E-state index contributed by atoms with van der Waals surface area (Å²) in [4.78, 5) is 25.6. The van der Waals surface area contributed by atoms with Gasteiger partial charge in [0.25, 0.3) is 5.56 Å². The van der Waals surface area contributed by atoms with Crippen molar-refractivity contribution in [1.82, 2.24) is 20.0 Å². The van der Waals surface area contributed by atoms with E-state index >= 15 is 0 Å². The summed E-state index contributed by atoms with van der Waals surface area (Å²) in [7, 11) is 1.65. The number of hydrogen-bond donors (Lipinski definition) is 1. The smallest absolute Gasteiger partial charge is 0.266 e. The second-order valence-electron chi connectivity index (χ2n) is 5.39. The summed E-state index contributed by atoms with van der Waals surface area (Å²) in [6, 6.07) is 5.21. The molecule has 0 atom stereocenters. The topological polar surface area (TPSA) is 80.4 Å². The summed E-state index contributed by atoms with van der Waals surface area (Å²) in [5.41, 5.74) is 1.73. The van der Waals surface area contributed by atoms with Gasteiger partial charge in [0.2, 0.25) is 5.91 Å². The number of amides is 1. The number of nitrogens with zero attached hydrogens (tertiary/aromatic N) is 3. The molecule has 3 heterocycles. The van der Waals surface area contributed by atoms with Crippen LogP contribution in [0, 0.1) is 0 Å². The number of aryl methyl sites for hydroxylation is 1. The summed E-state index contributed by atoms with van der Waals surface area (Å²) in [6.45, 7) is 2.02. The Morgan fingerprint density at radius 1 is 1.50 bits per heavy atom. The lowest BCUT2D eigenvalue weighted by atomic mass is 10.1. The van der Waals surface area contributed by atoms with Crippen LogP contribution < -0.4 is 10.9 Å². The summed E-state index contributed by atoms with van der Waals surface area (Å²) in [6.07, 6.45) is 2.32. The van der Waals surface area contributed by atoms with Gasteiger partial charge >= 0.3 is 0 Å². The van der Waals surface area contributed by atoms with Crippen molar-refractivity contribution in [3.63, 3.8) is 0 Å². The Kier molecular flexibility index (Phi) is 4.06. The number of aromatic nitrogens is 2. The number of furan rings is 1. The maximum atomic E-state index is 12.0. The highest BCUT2D eigenvalue weighted by Crippen LogP contribution is 2.14. The summed E-state index contributed by atoms with van der Waals surface area (Å²) >= 11 is 0. The Balaban J connectivity index is 1.56. The van der Waals surface area contributed by atoms with Crippen molar-refractivity contribution < 1.29 is 9.21 Å². The normalized spacial score (nSPS) is 14.6. The third-order valence-corrected chi connectivity index (χ3v) is 3.72. The van der Waals surface area contributed by atoms with Crippen molar-refractivity contribution in [3.05, 3.63) is 51.8 Å². The molecule has 1 amide bonds. The van der Waals surface area contributed by atoms with Gasteiger partial charge < -0.3 is 9.73 Å². The second-order valence-corrected chi connectivity index (χ2v) is 5.39. The van der Waals surface area contributed by atoms with Crippen LogP contribution in [0.2, 0.25) is 0 Å². The highest BCUT2D eigenvalue weighted by Gasteiger charge is 2.20. The standard InChI is InChI=1S/C15H18N4O3/c1-18-15(21)7-11-9-19(5-4-13(11)17-18)10-14(20)16-8-12-3-2-6-22-12/h2-3,6-7H,4-5,8-10H2,1H3,(H,16,20). The molecule has 2 aromatic heterocycles. The van der Waals surface area contributed by atoms with Gasteiger partial charge in [-0.15, -0.1) is 0 Å². The first-order chi connectivity index (χ1) is 10.6. The van der Waals surface area contributed by atoms with E-state index in [2.05, 4.69) is 10.4 Å². The quantitative estimate of drug-likeness (QED) is 0.863. The first-order valence-corrected chi connectivity index (χ1v) is 7.19. The molecule has 116 valence electrons. The number of carbonyl (C=O) groups is 1. The van der Waals surface area contributed by atoms with Gasteiger partial charge in [0.05, 0.1) is 25.0 Å². The van der Waals surface area contributed by atoms with Crippen molar-refractivity contribution >= 4 is 5.91 Å². The van der Waals surface area contributed by atoms with Crippen molar-refractivity contribution in [3.8, 4) is 0 Å². The Bertz CT molecular complexity index is 721. The van der Waals surface area contributed by atoms with E-state index in [0.29, 0.717) is 19.6 Å². The monoisotopic (exact) mass is 302 g/mol. The third-order valence-electron chi connectivity index (χ3n) is 3.72. The van der Waals surface area contributed by atoms with Gasteiger partial charge in [0.1, 0.15) is 5.76 Å². The third kappa shape index (κ3) is 3.25. The zero-order valence-corrected chi connectivity index (χ0v) is 12.4. The fourth-order valence-corrected chi connectivity index (χ4v) is 2.54. The zero-order chi connectivity index (χ0) is 15.5. The average molecular weight is 302 g/mol.